The smallest absolute Gasteiger partial charge is 0.251 e. The van der Waals surface area contributed by atoms with Crippen LogP contribution in [-0.4, -0.2) is 72.7 Å². The van der Waals surface area contributed by atoms with Crippen LogP contribution in [0.3, 0.4) is 0 Å². The summed E-state index contributed by atoms with van der Waals surface area (Å²) in [4.78, 5) is 41.0. The van der Waals surface area contributed by atoms with Gasteiger partial charge in [0.25, 0.3) is 5.91 Å². The van der Waals surface area contributed by atoms with Gasteiger partial charge in [-0.25, -0.2) is 0 Å². The molecule has 9 heteroatoms. The minimum atomic E-state index is -0.227. The molecular formula is C31H42N4O5. The van der Waals surface area contributed by atoms with Crippen molar-refractivity contribution in [2.45, 2.75) is 64.0 Å². The van der Waals surface area contributed by atoms with E-state index >= 15 is 0 Å². The second-order valence-electron chi connectivity index (χ2n) is 10.8. The van der Waals surface area contributed by atoms with Crippen molar-refractivity contribution in [2.24, 2.45) is 11.7 Å². The highest BCUT2D eigenvalue weighted by atomic mass is 16.5. The molecule has 2 aromatic rings. The third-order valence-electron chi connectivity index (χ3n) is 7.75. The van der Waals surface area contributed by atoms with E-state index in [0.717, 1.165) is 17.5 Å². The Kier molecular flexibility index (Phi) is 10.5. The number of rotatable bonds is 4. The Labute approximate surface area is 236 Å². The summed E-state index contributed by atoms with van der Waals surface area (Å²) < 4.78 is 5.93. The van der Waals surface area contributed by atoms with Gasteiger partial charge in [-0.1, -0.05) is 25.1 Å². The summed E-state index contributed by atoms with van der Waals surface area (Å²) in [6, 6.07) is 12.4. The Morgan fingerprint density at radius 2 is 1.90 bits per heavy atom. The summed E-state index contributed by atoms with van der Waals surface area (Å²) in [7, 11) is 0. The quantitative estimate of drug-likeness (QED) is 0.463. The zero-order valence-corrected chi connectivity index (χ0v) is 23.4. The highest BCUT2D eigenvalue weighted by Gasteiger charge is 2.35. The Morgan fingerprint density at radius 1 is 1.07 bits per heavy atom. The van der Waals surface area contributed by atoms with Crippen LogP contribution in [0.2, 0.25) is 0 Å². The maximum absolute atomic E-state index is 13.6. The fraction of sp³-hybridized carbons (Fsp3) is 0.516. The average molecular weight is 551 g/mol. The standard InChI is InChI=1S/C31H42N4O5/c1-2-16-40-28-19-24(9-10-26(28)32)31(39)35-15-4-3-13-34-30(38)23-7-5-6-22(18-23)25-17-21(8-11-27(25)36)12-14-33-29(37)20-35/h5-8,11,17-18,24,26,28,36H,2-4,9-10,12-16,19-20,32H2,1H3,(H,33,37)(H,34,38)/t24-,26+,28+/m0/s1. The first-order valence-electron chi connectivity index (χ1n) is 14.5. The minimum absolute atomic E-state index is 0.0143. The van der Waals surface area contributed by atoms with Crippen LogP contribution in [0.4, 0.5) is 0 Å². The lowest BCUT2D eigenvalue weighted by molar-refractivity contribution is -0.142. The number of nitrogens with two attached hydrogens (primary N) is 1. The van der Waals surface area contributed by atoms with Crippen LogP contribution in [0.1, 0.15) is 61.4 Å². The number of nitrogens with one attached hydrogen (secondary N) is 2. The molecule has 216 valence electrons. The average Bonchev–Trinajstić information content (AvgIpc) is 2.96. The van der Waals surface area contributed by atoms with E-state index < -0.39 is 0 Å². The highest BCUT2D eigenvalue weighted by molar-refractivity contribution is 5.95. The Balaban J connectivity index is 1.48. The van der Waals surface area contributed by atoms with Gasteiger partial charge in [0.15, 0.2) is 0 Å². The summed E-state index contributed by atoms with van der Waals surface area (Å²) in [5.74, 6) is -0.538. The van der Waals surface area contributed by atoms with Gasteiger partial charge < -0.3 is 31.1 Å². The number of aromatic hydroxyl groups is 1. The van der Waals surface area contributed by atoms with Gasteiger partial charge in [0, 0.05) is 49.3 Å². The van der Waals surface area contributed by atoms with Crippen LogP contribution < -0.4 is 16.4 Å². The normalized spacial score (nSPS) is 22.9. The number of phenols is 1. The van der Waals surface area contributed by atoms with Gasteiger partial charge >= 0.3 is 0 Å². The molecule has 0 unspecified atom stereocenters. The van der Waals surface area contributed by atoms with Crippen molar-refractivity contribution in [3.05, 3.63) is 53.6 Å². The van der Waals surface area contributed by atoms with Crippen molar-refractivity contribution in [1.29, 1.82) is 0 Å². The molecule has 4 bridgehead atoms. The molecular weight excluding hydrogens is 508 g/mol. The van der Waals surface area contributed by atoms with Crippen molar-refractivity contribution in [1.82, 2.24) is 15.5 Å². The second-order valence-corrected chi connectivity index (χ2v) is 10.8. The number of nitrogens with zero attached hydrogens (tertiary/aromatic N) is 1. The Morgan fingerprint density at radius 3 is 2.73 bits per heavy atom. The van der Waals surface area contributed by atoms with Crippen molar-refractivity contribution in [3.8, 4) is 16.9 Å². The zero-order valence-electron chi connectivity index (χ0n) is 23.4. The molecule has 5 N–H and O–H groups in total. The maximum Gasteiger partial charge on any atom is 0.251 e. The number of ether oxygens (including phenoxy) is 1. The largest absolute Gasteiger partial charge is 0.507 e. The van der Waals surface area contributed by atoms with Crippen molar-refractivity contribution >= 4 is 17.7 Å². The predicted octanol–water partition coefficient (Wildman–Crippen LogP) is 2.99. The Hall–Kier alpha value is -3.43. The van der Waals surface area contributed by atoms with E-state index in [9.17, 15) is 19.5 Å². The van der Waals surface area contributed by atoms with Gasteiger partial charge in [-0.15, -0.1) is 0 Å². The number of carbonyl (C=O) groups is 3. The fourth-order valence-electron chi connectivity index (χ4n) is 5.47. The first kappa shape index (κ1) is 29.6. The SMILES string of the molecule is CCCO[C@@H]1C[C@@H](C(=O)N2CCCCNC(=O)c3cccc(c3)-c3cc(ccc3O)CCNC(=O)C2)CC[C@H]1N. The molecule has 3 amide bonds. The van der Waals surface area contributed by atoms with E-state index in [4.69, 9.17) is 10.5 Å². The molecule has 2 aliphatic rings. The summed E-state index contributed by atoms with van der Waals surface area (Å²) in [6.45, 7) is 3.93. The highest BCUT2D eigenvalue weighted by Crippen LogP contribution is 2.31. The monoisotopic (exact) mass is 550 g/mol. The van der Waals surface area contributed by atoms with Crippen LogP contribution in [0, 0.1) is 5.92 Å². The number of hydrogen-bond donors (Lipinski definition) is 4. The van der Waals surface area contributed by atoms with Gasteiger partial charge in [-0.05, 0) is 80.3 Å². The van der Waals surface area contributed by atoms with Crippen LogP contribution in [-0.2, 0) is 20.7 Å². The molecule has 1 fully saturated rings. The first-order chi connectivity index (χ1) is 19.4. The summed E-state index contributed by atoms with van der Waals surface area (Å²) in [5, 5.41) is 16.4. The van der Waals surface area contributed by atoms with Gasteiger partial charge in [0.1, 0.15) is 5.75 Å². The number of carbonyl (C=O) groups excluding carboxylic acids is 3. The summed E-state index contributed by atoms with van der Waals surface area (Å²) in [6.07, 6.45) is 4.58. The minimum Gasteiger partial charge on any atom is -0.507 e. The summed E-state index contributed by atoms with van der Waals surface area (Å²) >= 11 is 0. The molecule has 2 aromatic carbocycles. The lowest BCUT2D eigenvalue weighted by atomic mass is 9.83. The molecule has 4 rings (SSSR count). The number of benzene rings is 2. The topological polar surface area (TPSA) is 134 Å². The van der Waals surface area contributed by atoms with E-state index in [1.165, 1.54) is 0 Å². The van der Waals surface area contributed by atoms with Crippen LogP contribution >= 0.6 is 0 Å². The molecule has 1 aliphatic carbocycles. The molecule has 0 saturated heterocycles. The van der Waals surface area contributed by atoms with E-state index in [0.29, 0.717) is 75.9 Å². The molecule has 3 atom stereocenters. The lowest BCUT2D eigenvalue weighted by Gasteiger charge is -2.35. The van der Waals surface area contributed by atoms with Gasteiger partial charge in [-0.3, -0.25) is 14.4 Å². The van der Waals surface area contributed by atoms with Crippen LogP contribution in [0.15, 0.2) is 42.5 Å². The summed E-state index contributed by atoms with van der Waals surface area (Å²) in [5.41, 5.74) is 9.10. The van der Waals surface area contributed by atoms with E-state index in [2.05, 4.69) is 10.6 Å². The molecule has 40 heavy (non-hydrogen) atoms. The van der Waals surface area contributed by atoms with Crippen LogP contribution in [0.5, 0.6) is 5.75 Å². The maximum atomic E-state index is 13.6. The molecule has 1 heterocycles. The zero-order chi connectivity index (χ0) is 28.5. The molecule has 0 radical (unpaired) electrons. The predicted molar refractivity (Wildman–Crippen MR) is 154 cm³/mol. The van der Waals surface area contributed by atoms with Crippen molar-refractivity contribution in [3.63, 3.8) is 0 Å². The van der Waals surface area contributed by atoms with Crippen LogP contribution in [0.25, 0.3) is 11.1 Å². The van der Waals surface area contributed by atoms with Gasteiger partial charge in [0.2, 0.25) is 11.8 Å². The molecule has 0 aromatic heterocycles. The first-order valence-corrected chi connectivity index (χ1v) is 14.5. The van der Waals surface area contributed by atoms with E-state index in [-0.39, 0.29) is 48.1 Å². The molecule has 9 nitrogen and oxygen atoms in total. The van der Waals surface area contributed by atoms with Crippen molar-refractivity contribution in [2.75, 3.05) is 32.8 Å². The van der Waals surface area contributed by atoms with Gasteiger partial charge in [0.05, 0.1) is 12.6 Å². The molecule has 0 spiro atoms. The number of amides is 3. The number of fused-ring (bicyclic) bond motifs is 5. The Bertz CT molecular complexity index is 1190. The third-order valence-corrected chi connectivity index (χ3v) is 7.75. The van der Waals surface area contributed by atoms with Gasteiger partial charge in [-0.2, -0.15) is 0 Å². The van der Waals surface area contributed by atoms with Crippen molar-refractivity contribution < 1.29 is 24.2 Å². The van der Waals surface area contributed by atoms with E-state index in [1.807, 2.05) is 25.1 Å². The number of phenolic OH excluding ortho intramolecular Hbond substituents is 1. The fourth-order valence-corrected chi connectivity index (χ4v) is 5.47. The molecule has 1 saturated carbocycles. The molecule has 1 aliphatic heterocycles. The second kappa shape index (κ2) is 14.3. The lowest BCUT2D eigenvalue weighted by Crippen LogP contribution is -2.49. The number of hydrogen-bond acceptors (Lipinski definition) is 6. The third kappa shape index (κ3) is 7.82. The van der Waals surface area contributed by atoms with E-state index in [1.54, 1.807) is 29.2 Å².